The number of carbonyl (C=O) groups is 1. The van der Waals surface area contributed by atoms with E-state index in [0.29, 0.717) is 25.4 Å². The molecule has 1 amide bonds. The van der Waals surface area contributed by atoms with Crippen LogP contribution in [0.4, 0.5) is 5.69 Å². The van der Waals surface area contributed by atoms with Gasteiger partial charge in [-0.2, -0.15) is 0 Å². The van der Waals surface area contributed by atoms with Crippen molar-refractivity contribution in [3.63, 3.8) is 0 Å². The average Bonchev–Trinajstić information content (AvgIpc) is 2.70. The van der Waals surface area contributed by atoms with Crippen molar-refractivity contribution in [3.8, 4) is 11.5 Å². The molecule has 0 aliphatic carbocycles. The van der Waals surface area contributed by atoms with Crippen molar-refractivity contribution < 1.29 is 23.9 Å². The molecule has 1 saturated heterocycles. The van der Waals surface area contributed by atoms with E-state index >= 15 is 0 Å². The van der Waals surface area contributed by atoms with Gasteiger partial charge in [-0.3, -0.25) is 4.79 Å². The summed E-state index contributed by atoms with van der Waals surface area (Å²) in [5.41, 5.74) is 3.00. The quantitative estimate of drug-likeness (QED) is 0.827. The fourth-order valence-electron chi connectivity index (χ4n) is 3.42. The molecule has 2 aromatic carbocycles. The van der Waals surface area contributed by atoms with Crippen molar-refractivity contribution in [2.45, 2.75) is 13.0 Å². The zero-order valence-corrected chi connectivity index (χ0v) is 15.3. The lowest BCUT2D eigenvalue weighted by Gasteiger charge is -2.23. The number of nitrogens with one attached hydrogen (secondary N) is 2. The van der Waals surface area contributed by atoms with Crippen molar-refractivity contribution in [2.24, 2.45) is 0 Å². The van der Waals surface area contributed by atoms with Crippen LogP contribution in [-0.4, -0.2) is 45.4 Å². The molecule has 4 rings (SSSR count). The molecular formula is C21H25N2O4+. The summed E-state index contributed by atoms with van der Waals surface area (Å²) in [6.07, 6.45) is 0.302. The van der Waals surface area contributed by atoms with Crippen LogP contribution in [0.5, 0.6) is 11.5 Å². The Morgan fingerprint density at radius 1 is 0.889 bits per heavy atom. The Labute approximate surface area is 159 Å². The Kier molecular flexibility index (Phi) is 5.55. The number of rotatable bonds is 5. The molecule has 6 heteroatoms. The van der Waals surface area contributed by atoms with E-state index in [9.17, 15) is 4.79 Å². The van der Waals surface area contributed by atoms with Crippen LogP contribution in [0, 0.1) is 0 Å². The summed E-state index contributed by atoms with van der Waals surface area (Å²) >= 11 is 0. The monoisotopic (exact) mass is 369 g/mol. The SMILES string of the molecule is O=C(Cc1ccc2c(c1)OCCO2)Nc1ccc(C[NH+]2CCOCC2)cc1. The van der Waals surface area contributed by atoms with Crippen LogP contribution in [0.1, 0.15) is 11.1 Å². The average molecular weight is 369 g/mol. The summed E-state index contributed by atoms with van der Waals surface area (Å²) in [7, 11) is 0. The van der Waals surface area contributed by atoms with Crippen LogP contribution < -0.4 is 19.7 Å². The molecular weight excluding hydrogens is 344 g/mol. The summed E-state index contributed by atoms with van der Waals surface area (Å²) in [4.78, 5) is 13.9. The molecule has 27 heavy (non-hydrogen) atoms. The Morgan fingerprint density at radius 3 is 2.37 bits per heavy atom. The second kappa shape index (κ2) is 8.41. The third kappa shape index (κ3) is 4.78. The molecule has 0 bridgehead atoms. The molecule has 0 aromatic heterocycles. The van der Waals surface area contributed by atoms with Gasteiger partial charge in [0.05, 0.1) is 19.6 Å². The third-order valence-electron chi connectivity index (χ3n) is 4.86. The van der Waals surface area contributed by atoms with E-state index in [1.165, 1.54) is 10.5 Å². The predicted molar refractivity (Wildman–Crippen MR) is 101 cm³/mol. The van der Waals surface area contributed by atoms with Gasteiger partial charge in [0, 0.05) is 11.3 Å². The summed E-state index contributed by atoms with van der Waals surface area (Å²) in [5, 5.41) is 2.96. The second-order valence-corrected chi connectivity index (χ2v) is 6.94. The van der Waals surface area contributed by atoms with Crippen LogP contribution >= 0.6 is 0 Å². The number of hydrogen-bond acceptors (Lipinski definition) is 4. The minimum Gasteiger partial charge on any atom is -0.486 e. The first-order valence-corrected chi connectivity index (χ1v) is 9.45. The molecule has 6 nitrogen and oxygen atoms in total. The number of anilines is 1. The highest BCUT2D eigenvalue weighted by Crippen LogP contribution is 2.30. The largest absolute Gasteiger partial charge is 0.486 e. The molecule has 1 fully saturated rings. The number of amides is 1. The first kappa shape index (κ1) is 17.8. The minimum atomic E-state index is -0.0433. The molecule has 142 valence electrons. The van der Waals surface area contributed by atoms with Crippen molar-refractivity contribution in [1.82, 2.24) is 0 Å². The normalized spacial score (nSPS) is 16.7. The van der Waals surface area contributed by atoms with Gasteiger partial charge in [-0.1, -0.05) is 18.2 Å². The van der Waals surface area contributed by atoms with Gasteiger partial charge in [0.15, 0.2) is 11.5 Å². The lowest BCUT2D eigenvalue weighted by Crippen LogP contribution is -3.12. The number of benzene rings is 2. The van der Waals surface area contributed by atoms with Crippen LogP contribution in [0.3, 0.4) is 0 Å². The van der Waals surface area contributed by atoms with Gasteiger partial charge < -0.3 is 24.4 Å². The fourth-order valence-corrected chi connectivity index (χ4v) is 3.42. The van der Waals surface area contributed by atoms with Crippen LogP contribution in [0.15, 0.2) is 42.5 Å². The van der Waals surface area contributed by atoms with Gasteiger partial charge in [-0.15, -0.1) is 0 Å². The molecule has 0 radical (unpaired) electrons. The smallest absolute Gasteiger partial charge is 0.228 e. The first-order chi connectivity index (χ1) is 13.3. The van der Waals surface area contributed by atoms with E-state index in [4.69, 9.17) is 14.2 Å². The van der Waals surface area contributed by atoms with E-state index in [0.717, 1.165) is 49.8 Å². The van der Waals surface area contributed by atoms with Crippen molar-refractivity contribution in [1.29, 1.82) is 0 Å². The maximum Gasteiger partial charge on any atom is 0.228 e. The molecule has 0 atom stereocenters. The Hall–Kier alpha value is -2.57. The van der Waals surface area contributed by atoms with E-state index in [-0.39, 0.29) is 5.91 Å². The highest BCUT2D eigenvalue weighted by molar-refractivity contribution is 5.92. The number of fused-ring (bicyclic) bond motifs is 1. The van der Waals surface area contributed by atoms with E-state index < -0.39 is 0 Å². The fraction of sp³-hybridized carbons (Fsp3) is 0.381. The zero-order chi connectivity index (χ0) is 18.5. The number of morpholine rings is 1. The van der Waals surface area contributed by atoms with Gasteiger partial charge in [0.2, 0.25) is 5.91 Å². The second-order valence-electron chi connectivity index (χ2n) is 6.94. The van der Waals surface area contributed by atoms with Gasteiger partial charge in [0.25, 0.3) is 0 Å². The van der Waals surface area contributed by atoms with Crippen LogP contribution in [0.25, 0.3) is 0 Å². The summed E-state index contributed by atoms with van der Waals surface area (Å²) in [6, 6.07) is 13.8. The molecule has 2 aliphatic rings. The number of quaternary nitrogens is 1. The number of hydrogen-bond donors (Lipinski definition) is 2. The molecule has 2 N–H and O–H groups in total. The number of carbonyl (C=O) groups excluding carboxylic acids is 1. The standard InChI is InChI=1S/C21H24N2O4/c24-21(14-17-3-6-19-20(13-17)27-12-11-26-19)22-18-4-1-16(2-5-18)15-23-7-9-25-10-8-23/h1-6,13H,7-12,14-15H2,(H,22,24)/p+1. The Balaban J connectivity index is 1.31. The Morgan fingerprint density at radius 2 is 1.59 bits per heavy atom. The lowest BCUT2D eigenvalue weighted by atomic mass is 10.1. The summed E-state index contributed by atoms with van der Waals surface area (Å²) in [6.45, 7) is 5.88. The molecule has 2 aromatic rings. The molecule has 2 heterocycles. The van der Waals surface area contributed by atoms with Crippen molar-refractivity contribution in [3.05, 3.63) is 53.6 Å². The highest BCUT2D eigenvalue weighted by atomic mass is 16.6. The van der Waals surface area contributed by atoms with Gasteiger partial charge >= 0.3 is 0 Å². The van der Waals surface area contributed by atoms with Crippen molar-refractivity contribution in [2.75, 3.05) is 44.8 Å². The molecule has 2 aliphatic heterocycles. The minimum absolute atomic E-state index is 0.0433. The van der Waals surface area contributed by atoms with Crippen molar-refractivity contribution >= 4 is 11.6 Å². The van der Waals surface area contributed by atoms with E-state index in [1.54, 1.807) is 0 Å². The first-order valence-electron chi connectivity index (χ1n) is 9.45. The van der Waals surface area contributed by atoms with Gasteiger partial charge in [-0.25, -0.2) is 0 Å². The van der Waals surface area contributed by atoms with Gasteiger partial charge in [0.1, 0.15) is 32.8 Å². The highest BCUT2D eigenvalue weighted by Gasteiger charge is 2.15. The lowest BCUT2D eigenvalue weighted by molar-refractivity contribution is -0.921. The number of ether oxygens (including phenoxy) is 3. The maximum atomic E-state index is 12.4. The predicted octanol–water partition coefficient (Wildman–Crippen LogP) is 1.05. The van der Waals surface area contributed by atoms with E-state index in [2.05, 4.69) is 17.4 Å². The molecule has 0 spiro atoms. The van der Waals surface area contributed by atoms with Crippen LogP contribution in [-0.2, 0) is 22.5 Å². The molecule has 0 saturated carbocycles. The van der Waals surface area contributed by atoms with Gasteiger partial charge in [-0.05, 0) is 29.8 Å². The molecule has 0 unspecified atom stereocenters. The van der Waals surface area contributed by atoms with Crippen LogP contribution in [0.2, 0.25) is 0 Å². The zero-order valence-electron chi connectivity index (χ0n) is 15.3. The topological polar surface area (TPSA) is 61.2 Å². The summed E-state index contributed by atoms with van der Waals surface area (Å²) in [5.74, 6) is 1.41. The Bertz CT molecular complexity index is 785. The summed E-state index contributed by atoms with van der Waals surface area (Å²) < 4.78 is 16.5. The van der Waals surface area contributed by atoms with E-state index in [1.807, 2.05) is 30.3 Å². The third-order valence-corrected chi connectivity index (χ3v) is 4.86. The maximum absolute atomic E-state index is 12.4.